The Morgan fingerprint density at radius 3 is 3.14 bits per heavy atom. The van der Waals surface area contributed by atoms with Crippen LogP contribution in [0, 0.1) is 11.3 Å². The van der Waals surface area contributed by atoms with E-state index in [0.29, 0.717) is 24.4 Å². The topological polar surface area (TPSA) is 93.4 Å². The highest BCUT2D eigenvalue weighted by Crippen LogP contribution is 2.15. The molecule has 0 amide bonds. The van der Waals surface area contributed by atoms with E-state index in [1.807, 2.05) is 6.07 Å². The van der Waals surface area contributed by atoms with Crippen LogP contribution in [0.5, 0.6) is 0 Å². The summed E-state index contributed by atoms with van der Waals surface area (Å²) in [6, 6.07) is 2.05. The molecule has 6 heteroatoms. The summed E-state index contributed by atoms with van der Waals surface area (Å²) in [5, 5.41) is 13.2. The number of anilines is 1. The predicted octanol–water partition coefficient (Wildman–Crippen LogP) is 0.322. The Balaban J connectivity index is 2.48. The molecular formula is C8H8N6. The average Bonchev–Trinajstić information content (AvgIpc) is 2.60. The van der Waals surface area contributed by atoms with E-state index in [1.165, 1.54) is 6.33 Å². The number of hydrogen-bond donors (Lipinski definition) is 1. The monoisotopic (exact) mass is 188 g/mol. The first kappa shape index (κ1) is 8.44. The summed E-state index contributed by atoms with van der Waals surface area (Å²) in [5.41, 5.74) is 6.30. The third kappa shape index (κ3) is 1.25. The van der Waals surface area contributed by atoms with Crippen molar-refractivity contribution in [3.8, 4) is 6.07 Å². The van der Waals surface area contributed by atoms with Crippen LogP contribution in [-0.4, -0.2) is 19.7 Å². The lowest BCUT2D eigenvalue weighted by atomic mass is 10.4. The number of hydrogen-bond acceptors (Lipinski definition) is 5. The van der Waals surface area contributed by atoms with E-state index in [9.17, 15) is 0 Å². The fraction of sp³-hybridized carbons (Fsp3) is 0.250. The van der Waals surface area contributed by atoms with E-state index in [1.54, 1.807) is 10.9 Å². The molecule has 14 heavy (non-hydrogen) atoms. The Kier molecular flexibility index (Phi) is 1.99. The minimum Gasteiger partial charge on any atom is -0.383 e. The van der Waals surface area contributed by atoms with Gasteiger partial charge in [-0.2, -0.15) is 10.4 Å². The summed E-state index contributed by atoms with van der Waals surface area (Å²) < 4.78 is 1.65. The standard InChI is InChI=1S/C8H8N6/c9-2-1-3-14-8-6(4-13-14)7(10)11-5-12-8/h4-5H,1,3H2,(H2,10,11,12). The molecule has 2 heterocycles. The summed E-state index contributed by atoms with van der Waals surface area (Å²) in [6.07, 6.45) is 3.41. The molecule has 6 nitrogen and oxygen atoms in total. The zero-order valence-corrected chi connectivity index (χ0v) is 7.38. The van der Waals surface area contributed by atoms with Gasteiger partial charge in [0.2, 0.25) is 0 Å². The van der Waals surface area contributed by atoms with Gasteiger partial charge in [0.1, 0.15) is 12.1 Å². The van der Waals surface area contributed by atoms with Crippen LogP contribution in [0.1, 0.15) is 6.42 Å². The molecule has 2 aromatic heterocycles. The molecular weight excluding hydrogens is 180 g/mol. The first-order chi connectivity index (χ1) is 6.83. The van der Waals surface area contributed by atoms with Crippen molar-refractivity contribution in [2.24, 2.45) is 0 Å². The molecule has 0 saturated heterocycles. The molecule has 0 fully saturated rings. The Labute approximate surface area is 80.0 Å². The van der Waals surface area contributed by atoms with Crippen LogP contribution >= 0.6 is 0 Å². The third-order valence-corrected chi connectivity index (χ3v) is 1.90. The smallest absolute Gasteiger partial charge is 0.163 e. The van der Waals surface area contributed by atoms with Gasteiger partial charge in [0.25, 0.3) is 0 Å². The molecule has 0 atom stereocenters. The van der Waals surface area contributed by atoms with E-state index in [-0.39, 0.29) is 0 Å². The summed E-state index contributed by atoms with van der Waals surface area (Å²) in [7, 11) is 0. The molecule has 2 aromatic rings. The molecule has 2 N–H and O–H groups in total. The maximum absolute atomic E-state index is 8.44. The Morgan fingerprint density at radius 1 is 1.50 bits per heavy atom. The minimum absolute atomic E-state index is 0.403. The van der Waals surface area contributed by atoms with E-state index in [0.717, 1.165) is 5.39 Å². The van der Waals surface area contributed by atoms with Gasteiger partial charge in [0.15, 0.2) is 5.65 Å². The molecule has 0 bridgehead atoms. The SMILES string of the molecule is N#CCCn1ncc2c(N)ncnc21. The van der Waals surface area contributed by atoms with Crippen molar-refractivity contribution in [2.75, 3.05) is 5.73 Å². The van der Waals surface area contributed by atoms with Crippen LogP contribution in [0.4, 0.5) is 5.82 Å². The Bertz CT molecular complexity index is 494. The van der Waals surface area contributed by atoms with E-state index in [4.69, 9.17) is 11.0 Å². The second-order valence-corrected chi connectivity index (χ2v) is 2.77. The van der Waals surface area contributed by atoms with Crippen molar-refractivity contribution in [1.29, 1.82) is 5.26 Å². The van der Waals surface area contributed by atoms with Crippen LogP contribution < -0.4 is 5.73 Å². The number of aromatic nitrogens is 4. The summed E-state index contributed by atoms with van der Waals surface area (Å²) in [6.45, 7) is 0.524. The molecule has 0 saturated carbocycles. The molecule has 0 aromatic carbocycles. The highest BCUT2D eigenvalue weighted by Gasteiger charge is 2.06. The van der Waals surface area contributed by atoms with Crippen molar-refractivity contribution >= 4 is 16.9 Å². The van der Waals surface area contributed by atoms with Gasteiger partial charge >= 0.3 is 0 Å². The number of nitriles is 1. The molecule has 70 valence electrons. The Hall–Kier alpha value is -2.16. The molecule has 0 radical (unpaired) electrons. The molecule has 0 aliphatic rings. The van der Waals surface area contributed by atoms with Crippen molar-refractivity contribution in [1.82, 2.24) is 19.7 Å². The predicted molar refractivity (Wildman–Crippen MR) is 50.0 cm³/mol. The lowest BCUT2D eigenvalue weighted by molar-refractivity contribution is 0.643. The zero-order chi connectivity index (χ0) is 9.97. The number of nitrogens with zero attached hydrogens (tertiary/aromatic N) is 5. The largest absolute Gasteiger partial charge is 0.383 e. The van der Waals surface area contributed by atoms with Gasteiger partial charge in [-0.05, 0) is 0 Å². The lowest BCUT2D eigenvalue weighted by Gasteiger charge is -1.98. The summed E-state index contributed by atoms with van der Waals surface area (Å²) in [4.78, 5) is 7.90. The molecule has 0 unspecified atom stereocenters. The summed E-state index contributed by atoms with van der Waals surface area (Å²) >= 11 is 0. The number of rotatable bonds is 2. The molecule has 2 rings (SSSR count). The van der Waals surface area contributed by atoms with Gasteiger partial charge in [-0.15, -0.1) is 0 Å². The normalized spacial score (nSPS) is 10.2. The van der Waals surface area contributed by atoms with Gasteiger partial charge in [-0.3, -0.25) is 0 Å². The zero-order valence-electron chi connectivity index (χ0n) is 7.38. The number of nitrogens with two attached hydrogens (primary N) is 1. The lowest BCUT2D eigenvalue weighted by Crippen LogP contribution is -2.01. The molecule has 0 spiro atoms. The van der Waals surface area contributed by atoms with E-state index in [2.05, 4.69) is 15.1 Å². The molecule has 0 aliphatic carbocycles. The van der Waals surface area contributed by atoms with Crippen LogP contribution in [0.2, 0.25) is 0 Å². The fourth-order valence-electron chi connectivity index (χ4n) is 1.23. The van der Waals surface area contributed by atoms with Crippen LogP contribution in [0.25, 0.3) is 11.0 Å². The van der Waals surface area contributed by atoms with Gasteiger partial charge in [-0.25, -0.2) is 14.6 Å². The Morgan fingerprint density at radius 2 is 2.36 bits per heavy atom. The van der Waals surface area contributed by atoms with Crippen molar-refractivity contribution in [2.45, 2.75) is 13.0 Å². The minimum atomic E-state index is 0.403. The maximum Gasteiger partial charge on any atom is 0.163 e. The first-order valence-electron chi connectivity index (χ1n) is 4.12. The first-order valence-corrected chi connectivity index (χ1v) is 4.12. The van der Waals surface area contributed by atoms with Crippen molar-refractivity contribution in [3.05, 3.63) is 12.5 Å². The van der Waals surface area contributed by atoms with Crippen molar-refractivity contribution < 1.29 is 0 Å². The van der Waals surface area contributed by atoms with Gasteiger partial charge in [-0.1, -0.05) is 0 Å². The quantitative estimate of drug-likeness (QED) is 0.732. The second kappa shape index (κ2) is 3.30. The van der Waals surface area contributed by atoms with Gasteiger partial charge in [0.05, 0.1) is 30.6 Å². The number of fused-ring (bicyclic) bond motifs is 1. The third-order valence-electron chi connectivity index (χ3n) is 1.90. The highest BCUT2D eigenvalue weighted by molar-refractivity contribution is 5.84. The number of aryl methyl sites for hydroxylation is 1. The average molecular weight is 188 g/mol. The maximum atomic E-state index is 8.44. The van der Waals surface area contributed by atoms with Gasteiger partial charge < -0.3 is 5.73 Å². The van der Waals surface area contributed by atoms with Crippen LogP contribution in [0.15, 0.2) is 12.5 Å². The van der Waals surface area contributed by atoms with Crippen LogP contribution in [-0.2, 0) is 6.54 Å². The number of nitrogen functional groups attached to an aromatic ring is 1. The fourth-order valence-corrected chi connectivity index (χ4v) is 1.23. The van der Waals surface area contributed by atoms with Gasteiger partial charge in [0, 0.05) is 0 Å². The van der Waals surface area contributed by atoms with E-state index >= 15 is 0 Å². The van der Waals surface area contributed by atoms with Crippen molar-refractivity contribution in [3.63, 3.8) is 0 Å². The van der Waals surface area contributed by atoms with E-state index < -0.39 is 0 Å². The molecule has 0 aliphatic heterocycles. The highest BCUT2D eigenvalue weighted by atomic mass is 15.3. The van der Waals surface area contributed by atoms with Crippen LogP contribution in [0.3, 0.4) is 0 Å². The second-order valence-electron chi connectivity index (χ2n) is 2.77. The summed E-state index contributed by atoms with van der Waals surface area (Å²) in [5.74, 6) is 0.415.